The number of aliphatic carboxylic acids is 1. The Balaban J connectivity index is 1.75. The Morgan fingerprint density at radius 3 is 2.29 bits per heavy atom. The molecule has 0 aromatic heterocycles. The minimum Gasteiger partial charge on any atom is -0.479 e. The molecule has 1 amide bonds. The van der Waals surface area contributed by atoms with Crippen LogP contribution in [0.15, 0.2) is 0 Å². The molecule has 0 spiro atoms. The van der Waals surface area contributed by atoms with E-state index < -0.39 is 18.2 Å². The molecular formula is C15H26N2O4. The summed E-state index contributed by atoms with van der Waals surface area (Å²) in [6.07, 6.45) is 0.753. The summed E-state index contributed by atoms with van der Waals surface area (Å²) in [6.45, 7) is 8.75. The van der Waals surface area contributed by atoms with E-state index >= 15 is 0 Å². The fourth-order valence-electron chi connectivity index (χ4n) is 2.84. The monoisotopic (exact) mass is 298 g/mol. The molecule has 0 radical (unpaired) electrons. The van der Waals surface area contributed by atoms with E-state index in [1.165, 1.54) is 6.42 Å². The number of rotatable bonds is 5. The van der Waals surface area contributed by atoms with Gasteiger partial charge in [0, 0.05) is 26.2 Å². The molecule has 2 aliphatic rings. The Morgan fingerprint density at radius 2 is 1.76 bits per heavy atom. The van der Waals surface area contributed by atoms with Gasteiger partial charge in [-0.05, 0) is 31.7 Å². The fourth-order valence-corrected chi connectivity index (χ4v) is 2.84. The van der Waals surface area contributed by atoms with E-state index in [0.717, 1.165) is 19.6 Å². The Hall–Kier alpha value is -1.14. The predicted octanol–water partition coefficient (Wildman–Crippen LogP) is 0.809. The number of hydrogen-bond donors (Lipinski definition) is 1. The summed E-state index contributed by atoms with van der Waals surface area (Å²) in [7, 11) is 0. The summed E-state index contributed by atoms with van der Waals surface area (Å²) in [6, 6.07) is 0. The molecule has 120 valence electrons. The van der Waals surface area contributed by atoms with Crippen molar-refractivity contribution in [1.29, 1.82) is 0 Å². The Labute approximate surface area is 126 Å². The van der Waals surface area contributed by atoms with Gasteiger partial charge >= 0.3 is 5.97 Å². The quantitative estimate of drug-likeness (QED) is 0.813. The number of ether oxygens (including phenoxy) is 1. The highest BCUT2D eigenvalue weighted by atomic mass is 16.5. The molecule has 0 aromatic carbocycles. The van der Waals surface area contributed by atoms with Gasteiger partial charge in [-0.15, -0.1) is 0 Å². The Kier molecular flexibility index (Phi) is 5.58. The van der Waals surface area contributed by atoms with E-state index in [0.29, 0.717) is 31.8 Å². The number of piperazine rings is 1. The van der Waals surface area contributed by atoms with Crippen molar-refractivity contribution < 1.29 is 19.4 Å². The lowest BCUT2D eigenvalue weighted by Gasteiger charge is -2.36. The first-order chi connectivity index (χ1) is 9.97. The van der Waals surface area contributed by atoms with Crippen LogP contribution in [0.25, 0.3) is 0 Å². The first-order valence-electron chi connectivity index (χ1n) is 7.86. The van der Waals surface area contributed by atoms with Gasteiger partial charge in [-0.2, -0.15) is 0 Å². The van der Waals surface area contributed by atoms with Crippen molar-refractivity contribution in [3.05, 3.63) is 0 Å². The van der Waals surface area contributed by atoms with Gasteiger partial charge in [0.25, 0.3) is 5.91 Å². The van der Waals surface area contributed by atoms with Crippen LogP contribution < -0.4 is 0 Å². The molecule has 6 nitrogen and oxygen atoms in total. The summed E-state index contributed by atoms with van der Waals surface area (Å²) in [4.78, 5) is 27.4. The molecule has 2 saturated heterocycles. The maximum absolute atomic E-state index is 12.3. The van der Waals surface area contributed by atoms with Crippen LogP contribution in [-0.2, 0) is 14.3 Å². The molecule has 0 unspecified atom stereocenters. The summed E-state index contributed by atoms with van der Waals surface area (Å²) in [5.74, 6) is -0.310. The first kappa shape index (κ1) is 16.2. The normalized spacial score (nSPS) is 27.3. The minimum atomic E-state index is -0.969. The third-order valence-electron chi connectivity index (χ3n) is 4.28. The van der Waals surface area contributed by atoms with Crippen molar-refractivity contribution >= 4 is 11.9 Å². The largest absolute Gasteiger partial charge is 0.479 e. The summed E-state index contributed by atoms with van der Waals surface area (Å²) >= 11 is 0. The zero-order valence-electron chi connectivity index (χ0n) is 13.0. The molecule has 21 heavy (non-hydrogen) atoms. The zero-order valence-corrected chi connectivity index (χ0v) is 13.0. The van der Waals surface area contributed by atoms with Gasteiger partial charge in [-0.1, -0.05) is 13.8 Å². The van der Waals surface area contributed by atoms with Crippen molar-refractivity contribution in [2.75, 3.05) is 32.7 Å². The maximum atomic E-state index is 12.3. The highest BCUT2D eigenvalue weighted by molar-refractivity contribution is 5.82. The number of carboxylic acid groups (broad SMARTS) is 1. The number of carbonyl (C=O) groups is 2. The van der Waals surface area contributed by atoms with Gasteiger partial charge in [-0.25, -0.2) is 4.79 Å². The van der Waals surface area contributed by atoms with E-state index in [9.17, 15) is 9.59 Å². The van der Waals surface area contributed by atoms with Crippen LogP contribution in [0, 0.1) is 5.92 Å². The average Bonchev–Trinajstić information content (AvgIpc) is 2.95. The molecule has 2 heterocycles. The lowest BCUT2D eigenvalue weighted by molar-refractivity contribution is -0.155. The van der Waals surface area contributed by atoms with Crippen molar-refractivity contribution in [3.8, 4) is 0 Å². The number of nitrogens with zero attached hydrogens (tertiary/aromatic N) is 2. The van der Waals surface area contributed by atoms with E-state index in [4.69, 9.17) is 9.84 Å². The molecule has 2 atom stereocenters. The molecule has 2 rings (SSSR count). The Morgan fingerprint density at radius 1 is 1.14 bits per heavy atom. The molecular weight excluding hydrogens is 272 g/mol. The van der Waals surface area contributed by atoms with Gasteiger partial charge in [0.1, 0.15) is 6.10 Å². The SMILES string of the molecule is CC(C)CCN1CCN(C(=O)[C@@H]2CC[C@H](C(=O)O)O2)CC1. The third kappa shape index (κ3) is 4.41. The molecule has 0 aliphatic carbocycles. The number of carboxylic acids is 1. The van der Waals surface area contributed by atoms with Crippen molar-refractivity contribution in [1.82, 2.24) is 9.80 Å². The standard InChI is InChI=1S/C15H26N2O4/c1-11(2)5-6-16-7-9-17(10-8-16)14(18)12-3-4-13(21-12)15(19)20/h11-13H,3-10H2,1-2H3,(H,19,20)/t12-,13+/m0/s1. The van der Waals surface area contributed by atoms with E-state index in [1.54, 1.807) is 0 Å². The number of amides is 1. The zero-order chi connectivity index (χ0) is 15.4. The second-order valence-electron chi connectivity index (χ2n) is 6.38. The van der Waals surface area contributed by atoms with Crippen LogP contribution in [0.3, 0.4) is 0 Å². The van der Waals surface area contributed by atoms with Gasteiger partial charge in [0.15, 0.2) is 6.10 Å². The molecule has 0 bridgehead atoms. The average molecular weight is 298 g/mol. The predicted molar refractivity (Wildman–Crippen MR) is 78.0 cm³/mol. The van der Waals surface area contributed by atoms with Crippen LogP contribution in [0.4, 0.5) is 0 Å². The van der Waals surface area contributed by atoms with Gasteiger partial charge in [-0.3, -0.25) is 9.69 Å². The maximum Gasteiger partial charge on any atom is 0.332 e. The fraction of sp³-hybridized carbons (Fsp3) is 0.867. The molecule has 0 aromatic rings. The van der Waals surface area contributed by atoms with Crippen LogP contribution >= 0.6 is 0 Å². The van der Waals surface area contributed by atoms with Crippen molar-refractivity contribution in [2.45, 2.75) is 45.3 Å². The molecule has 2 fully saturated rings. The van der Waals surface area contributed by atoms with Crippen molar-refractivity contribution in [2.24, 2.45) is 5.92 Å². The van der Waals surface area contributed by atoms with Crippen LogP contribution in [0.2, 0.25) is 0 Å². The summed E-state index contributed by atoms with van der Waals surface area (Å²) in [5.41, 5.74) is 0. The minimum absolute atomic E-state index is 0.0396. The molecule has 2 aliphatic heterocycles. The van der Waals surface area contributed by atoms with E-state index in [-0.39, 0.29) is 5.91 Å². The second-order valence-corrected chi connectivity index (χ2v) is 6.38. The topological polar surface area (TPSA) is 70.1 Å². The highest BCUT2D eigenvalue weighted by Crippen LogP contribution is 2.22. The first-order valence-corrected chi connectivity index (χ1v) is 7.86. The number of carbonyl (C=O) groups excluding carboxylic acids is 1. The molecule has 1 N–H and O–H groups in total. The van der Waals surface area contributed by atoms with Crippen LogP contribution in [-0.4, -0.2) is 71.7 Å². The second kappa shape index (κ2) is 7.22. The molecule has 0 saturated carbocycles. The van der Waals surface area contributed by atoms with Crippen LogP contribution in [0.5, 0.6) is 0 Å². The van der Waals surface area contributed by atoms with Gasteiger partial charge in [0.05, 0.1) is 0 Å². The Bertz CT molecular complexity index is 378. The summed E-state index contributed by atoms with van der Waals surface area (Å²) in [5, 5.41) is 8.91. The van der Waals surface area contributed by atoms with Crippen molar-refractivity contribution in [3.63, 3.8) is 0 Å². The molecule has 6 heteroatoms. The highest BCUT2D eigenvalue weighted by Gasteiger charge is 2.37. The number of hydrogen-bond acceptors (Lipinski definition) is 4. The lowest BCUT2D eigenvalue weighted by Crippen LogP contribution is -2.51. The smallest absolute Gasteiger partial charge is 0.332 e. The van der Waals surface area contributed by atoms with E-state index in [2.05, 4.69) is 18.7 Å². The van der Waals surface area contributed by atoms with Crippen LogP contribution in [0.1, 0.15) is 33.1 Å². The lowest BCUT2D eigenvalue weighted by atomic mass is 10.1. The third-order valence-corrected chi connectivity index (χ3v) is 4.28. The van der Waals surface area contributed by atoms with Gasteiger partial charge < -0.3 is 14.7 Å². The summed E-state index contributed by atoms with van der Waals surface area (Å²) < 4.78 is 5.34. The van der Waals surface area contributed by atoms with E-state index in [1.807, 2.05) is 4.90 Å². The van der Waals surface area contributed by atoms with Gasteiger partial charge in [0.2, 0.25) is 0 Å².